The molecule has 1 unspecified atom stereocenters. The number of hydrogen-bond donors (Lipinski definition) is 2. The summed E-state index contributed by atoms with van der Waals surface area (Å²) in [5.41, 5.74) is 0. The highest BCUT2D eigenvalue weighted by Crippen LogP contribution is 1.96. The zero-order valence-electron chi connectivity index (χ0n) is 6.11. The first-order valence-corrected chi connectivity index (χ1v) is 2.84. The summed E-state index contributed by atoms with van der Waals surface area (Å²) in [6.45, 7) is 2.52. The molecule has 0 aromatic carbocycles. The van der Waals surface area contributed by atoms with E-state index in [1.54, 1.807) is 0 Å². The number of hydrogen-bond acceptors (Lipinski definition) is 5. The zero-order valence-corrected chi connectivity index (χ0v) is 6.11. The van der Waals surface area contributed by atoms with Crippen molar-refractivity contribution in [1.29, 1.82) is 0 Å². The average molecular weight is 162 g/mol. The van der Waals surface area contributed by atoms with Gasteiger partial charge in [-0.2, -0.15) is 0 Å². The lowest BCUT2D eigenvalue weighted by Crippen LogP contribution is -2.22. The SMILES string of the molecule is C=C(OC)C(=O)OC(O)CO. The molecule has 0 amide bonds. The second kappa shape index (κ2) is 4.70. The minimum absolute atomic E-state index is 0.225. The van der Waals surface area contributed by atoms with Crippen molar-refractivity contribution in [3.05, 3.63) is 12.3 Å². The van der Waals surface area contributed by atoms with Crippen molar-refractivity contribution in [2.45, 2.75) is 6.29 Å². The summed E-state index contributed by atoms with van der Waals surface area (Å²) in [4.78, 5) is 10.6. The normalized spacial score (nSPS) is 11.9. The van der Waals surface area contributed by atoms with Crippen molar-refractivity contribution in [2.75, 3.05) is 13.7 Å². The largest absolute Gasteiger partial charge is 0.490 e. The Hall–Kier alpha value is -1.07. The number of aliphatic hydroxyl groups is 2. The van der Waals surface area contributed by atoms with Crippen LogP contribution in [0.3, 0.4) is 0 Å². The lowest BCUT2D eigenvalue weighted by molar-refractivity contribution is -0.172. The molecule has 0 saturated carbocycles. The summed E-state index contributed by atoms with van der Waals surface area (Å²) in [5, 5.41) is 16.8. The van der Waals surface area contributed by atoms with Crippen LogP contribution in [0.1, 0.15) is 0 Å². The van der Waals surface area contributed by atoms with Gasteiger partial charge in [0.1, 0.15) is 6.61 Å². The maximum Gasteiger partial charge on any atom is 0.375 e. The smallest absolute Gasteiger partial charge is 0.375 e. The third-order valence-corrected chi connectivity index (χ3v) is 0.873. The maximum atomic E-state index is 10.6. The van der Waals surface area contributed by atoms with Crippen LogP contribution >= 0.6 is 0 Å². The molecule has 5 heteroatoms. The van der Waals surface area contributed by atoms with Gasteiger partial charge in [0.05, 0.1) is 7.11 Å². The number of carbonyl (C=O) groups excluding carboxylic acids is 1. The third kappa shape index (κ3) is 3.59. The van der Waals surface area contributed by atoms with Crippen molar-refractivity contribution in [3.8, 4) is 0 Å². The molecule has 0 bridgehead atoms. The predicted molar refractivity (Wildman–Crippen MR) is 35.3 cm³/mol. The summed E-state index contributed by atoms with van der Waals surface area (Å²) in [5.74, 6) is -1.12. The van der Waals surface area contributed by atoms with E-state index < -0.39 is 18.9 Å². The van der Waals surface area contributed by atoms with E-state index >= 15 is 0 Å². The molecule has 0 saturated heterocycles. The van der Waals surface area contributed by atoms with Crippen LogP contribution in [0.15, 0.2) is 12.3 Å². The number of carbonyl (C=O) groups is 1. The van der Waals surface area contributed by atoms with Crippen LogP contribution in [0.2, 0.25) is 0 Å². The summed E-state index contributed by atoms with van der Waals surface area (Å²) in [6.07, 6.45) is -1.52. The average Bonchev–Trinajstić information content (AvgIpc) is 2.02. The number of esters is 1. The molecule has 2 N–H and O–H groups in total. The van der Waals surface area contributed by atoms with Crippen LogP contribution in [0.4, 0.5) is 0 Å². The van der Waals surface area contributed by atoms with Crippen molar-refractivity contribution in [3.63, 3.8) is 0 Å². The highest BCUT2D eigenvalue weighted by molar-refractivity contribution is 5.85. The van der Waals surface area contributed by atoms with E-state index in [0.717, 1.165) is 0 Å². The second-order valence-electron chi connectivity index (χ2n) is 1.67. The van der Waals surface area contributed by atoms with Gasteiger partial charge in [-0.3, -0.25) is 0 Å². The Morgan fingerprint density at radius 1 is 1.73 bits per heavy atom. The molecule has 0 aromatic heterocycles. The van der Waals surface area contributed by atoms with Crippen molar-refractivity contribution in [1.82, 2.24) is 0 Å². The minimum Gasteiger partial charge on any atom is -0.490 e. The summed E-state index contributed by atoms with van der Waals surface area (Å²) in [7, 11) is 1.24. The Morgan fingerprint density at radius 2 is 2.27 bits per heavy atom. The van der Waals surface area contributed by atoms with Crippen LogP contribution in [-0.4, -0.2) is 36.2 Å². The van der Waals surface area contributed by atoms with E-state index in [4.69, 9.17) is 10.2 Å². The first-order valence-electron chi connectivity index (χ1n) is 2.84. The molecule has 0 aliphatic heterocycles. The van der Waals surface area contributed by atoms with E-state index in [2.05, 4.69) is 16.1 Å². The van der Waals surface area contributed by atoms with Gasteiger partial charge in [0, 0.05) is 0 Å². The summed E-state index contributed by atoms with van der Waals surface area (Å²) in [6, 6.07) is 0. The molecule has 0 heterocycles. The molecule has 0 aromatic rings. The molecule has 1 atom stereocenters. The standard InChI is InChI=1S/C6H10O5/c1-4(10-2)6(9)11-5(8)3-7/h5,7-8H,1,3H2,2H3. The molecule has 5 nitrogen and oxygen atoms in total. The summed E-state index contributed by atoms with van der Waals surface area (Å²) < 4.78 is 8.59. The zero-order chi connectivity index (χ0) is 8.85. The molecule has 0 radical (unpaired) electrons. The fourth-order valence-corrected chi connectivity index (χ4v) is 0.310. The lowest BCUT2D eigenvalue weighted by atomic mass is 10.5. The Kier molecular flexibility index (Phi) is 4.24. The van der Waals surface area contributed by atoms with Gasteiger partial charge >= 0.3 is 5.97 Å². The number of ether oxygens (including phenoxy) is 2. The monoisotopic (exact) mass is 162 g/mol. The van der Waals surface area contributed by atoms with Crippen LogP contribution in [0, 0.1) is 0 Å². The molecule has 0 aliphatic carbocycles. The van der Waals surface area contributed by atoms with Crippen LogP contribution in [0.5, 0.6) is 0 Å². The fourth-order valence-electron chi connectivity index (χ4n) is 0.310. The van der Waals surface area contributed by atoms with Gasteiger partial charge in [-0.15, -0.1) is 0 Å². The Morgan fingerprint density at radius 3 is 2.64 bits per heavy atom. The first kappa shape index (κ1) is 9.93. The van der Waals surface area contributed by atoms with Gasteiger partial charge in [-0.1, -0.05) is 0 Å². The van der Waals surface area contributed by atoms with Gasteiger partial charge in [0.25, 0.3) is 0 Å². The van der Waals surface area contributed by atoms with Gasteiger partial charge in [-0.05, 0) is 6.58 Å². The predicted octanol–water partition coefficient (Wildman–Crippen LogP) is -1.000. The van der Waals surface area contributed by atoms with Crippen LogP contribution in [-0.2, 0) is 14.3 Å². The van der Waals surface area contributed by atoms with E-state index in [1.807, 2.05) is 0 Å². The number of aliphatic hydroxyl groups excluding tert-OH is 2. The molecule has 11 heavy (non-hydrogen) atoms. The minimum atomic E-state index is -1.52. The van der Waals surface area contributed by atoms with E-state index in [1.165, 1.54) is 7.11 Å². The maximum absolute atomic E-state index is 10.6. The Balaban J connectivity index is 3.77. The molecular formula is C6H10O5. The molecule has 0 fully saturated rings. The number of methoxy groups -OCH3 is 1. The van der Waals surface area contributed by atoms with Crippen molar-refractivity contribution >= 4 is 5.97 Å². The van der Waals surface area contributed by atoms with E-state index in [0.29, 0.717) is 0 Å². The second-order valence-corrected chi connectivity index (χ2v) is 1.67. The van der Waals surface area contributed by atoms with Gasteiger partial charge in [-0.25, -0.2) is 4.79 Å². The van der Waals surface area contributed by atoms with Crippen molar-refractivity contribution < 1.29 is 24.5 Å². The first-order chi connectivity index (χ1) is 5.11. The molecule has 0 spiro atoms. The lowest BCUT2D eigenvalue weighted by Gasteiger charge is -2.08. The third-order valence-electron chi connectivity index (χ3n) is 0.873. The van der Waals surface area contributed by atoms with E-state index in [9.17, 15) is 4.79 Å². The summed E-state index contributed by atoms with van der Waals surface area (Å²) >= 11 is 0. The van der Waals surface area contributed by atoms with Crippen molar-refractivity contribution in [2.24, 2.45) is 0 Å². The topological polar surface area (TPSA) is 76.0 Å². The van der Waals surface area contributed by atoms with Crippen LogP contribution < -0.4 is 0 Å². The molecule has 0 aliphatic rings. The highest BCUT2D eigenvalue weighted by Gasteiger charge is 2.12. The molecular weight excluding hydrogens is 152 g/mol. The van der Waals surface area contributed by atoms with Gasteiger partial charge in [0.15, 0.2) is 5.76 Å². The quantitative estimate of drug-likeness (QED) is 0.240. The molecule has 0 rings (SSSR count). The van der Waals surface area contributed by atoms with Gasteiger partial charge in [0.2, 0.25) is 6.29 Å². The molecule has 64 valence electrons. The van der Waals surface area contributed by atoms with E-state index in [-0.39, 0.29) is 5.76 Å². The van der Waals surface area contributed by atoms with Gasteiger partial charge < -0.3 is 19.7 Å². The Labute approximate surface area is 63.9 Å². The number of rotatable bonds is 4. The van der Waals surface area contributed by atoms with Crippen LogP contribution in [0.25, 0.3) is 0 Å². The highest BCUT2D eigenvalue weighted by atomic mass is 16.7. The Bertz CT molecular complexity index is 153. The fraction of sp³-hybridized carbons (Fsp3) is 0.500.